The van der Waals surface area contributed by atoms with E-state index in [1.807, 2.05) is 36.4 Å². The smallest absolute Gasteiger partial charge is 0.154 e. The monoisotopic (exact) mass is 283 g/mol. The normalized spacial score (nSPS) is 15.4. The van der Waals surface area contributed by atoms with Crippen LogP contribution in [0.1, 0.15) is 29.6 Å². The fourth-order valence-corrected chi connectivity index (χ4v) is 3.00. The molecular weight excluding hydrogens is 262 g/mol. The largest absolute Gasteiger partial charge is 0.493 e. The van der Waals surface area contributed by atoms with E-state index >= 15 is 0 Å². The van der Waals surface area contributed by atoms with Crippen molar-refractivity contribution in [3.8, 4) is 5.75 Å². The maximum absolute atomic E-state index is 11.4. The van der Waals surface area contributed by atoms with Crippen molar-refractivity contribution in [2.45, 2.75) is 19.3 Å². The second kappa shape index (κ2) is 6.72. The minimum Gasteiger partial charge on any atom is -0.493 e. The van der Waals surface area contributed by atoms with Crippen molar-refractivity contribution in [1.29, 1.82) is 0 Å². The molecule has 3 nitrogen and oxygen atoms in total. The number of benzene rings is 2. The summed E-state index contributed by atoms with van der Waals surface area (Å²) >= 11 is 0. The van der Waals surface area contributed by atoms with Crippen LogP contribution in [0.2, 0.25) is 0 Å². The fraction of sp³-hybridized carbons (Fsp3) is 0.389. The van der Waals surface area contributed by atoms with Gasteiger partial charge in [-0.1, -0.05) is 30.3 Å². The summed E-state index contributed by atoms with van der Waals surface area (Å²) in [5.74, 6) is 0.699. The van der Waals surface area contributed by atoms with Gasteiger partial charge in [0.15, 0.2) is 6.29 Å². The number of fused-ring (bicyclic) bond motifs is 1. The van der Waals surface area contributed by atoms with Gasteiger partial charge in [0, 0.05) is 6.54 Å². The van der Waals surface area contributed by atoms with Crippen LogP contribution in [0, 0.1) is 0 Å². The summed E-state index contributed by atoms with van der Waals surface area (Å²) in [5.41, 5.74) is 0.661. The van der Waals surface area contributed by atoms with Crippen molar-refractivity contribution in [2.75, 3.05) is 26.2 Å². The Morgan fingerprint density at radius 3 is 2.71 bits per heavy atom. The number of carbonyl (C=O) groups excluding carboxylic acids is 1. The van der Waals surface area contributed by atoms with E-state index < -0.39 is 0 Å². The Morgan fingerprint density at radius 1 is 1.10 bits per heavy atom. The lowest BCUT2D eigenvalue weighted by molar-refractivity contribution is 0.112. The van der Waals surface area contributed by atoms with Gasteiger partial charge in [-0.05, 0) is 49.2 Å². The van der Waals surface area contributed by atoms with Crippen LogP contribution in [0.15, 0.2) is 36.4 Å². The van der Waals surface area contributed by atoms with Gasteiger partial charge < -0.3 is 9.64 Å². The summed E-state index contributed by atoms with van der Waals surface area (Å²) in [4.78, 5) is 13.9. The Hall–Kier alpha value is -1.87. The van der Waals surface area contributed by atoms with E-state index in [1.54, 1.807) is 0 Å². The van der Waals surface area contributed by atoms with Gasteiger partial charge in [0.05, 0.1) is 12.2 Å². The zero-order valence-corrected chi connectivity index (χ0v) is 12.3. The van der Waals surface area contributed by atoms with Crippen LogP contribution >= 0.6 is 0 Å². The zero-order chi connectivity index (χ0) is 14.5. The van der Waals surface area contributed by atoms with Gasteiger partial charge in [-0.3, -0.25) is 4.79 Å². The Bertz CT molecular complexity index is 618. The lowest BCUT2D eigenvalue weighted by Gasteiger charge is -2.15. The van der Waals surface area contributed by atoms with E-state index in [4.69, 9.17) is 4.74 Å². The van der Waals surface area contributed by atoms with E-state index in [0.717, 1.165) is 30.0 Å². The summed E-state index contributed by atoms with van der Waals surface area (Å²) in [6.07, 6.45) is 4.55. The summed E-state index contributed by atoms with van der Waals surface area (Å²) in [5, 5.41) is 2.04. The molecular formula is C18H21NO2. The molecule has 0 radical (unpaired) electrons. The van der Waals surface area contributed by atoms with Crippen LogP contribution < -0.4 is 4.74 Å². The average Bonchev–Trinajstić information content (AvgIpc) is 3.04. The quantitative estimate of drug-likeness (QED) is 0.600. The van der Waals surface area contributed by atoms with Gasteiger partial charge in [0.1, 0.15) is 5.75 Å². The first kappa shape index (κ1) is 14.1. The van der Waals surface area contributed by atoms with Crippen LogP contribution in [-0.4, -0.2) is 37.4 Å². The Balaban J connectivity index is 1.64. The molecule has 0 aromatic heterocycles. The molecule has 3 heteroatoms. The molecule has 1 aliphatic heterocycles. The first-order chi connectivity index (χ1) is 10.4. The maximum Gasteiger partial charge on any atom is 0.154 e. The molecule has 0 saturated carbocycles. The second-order valence-electron chi connectivity index (χ2n) is 5.57. The van der Waals surface area contributed by atoms with Crippen LogP contribution in [-0.2, 0) is 0 Å². The van der Waals surface area contributed by atoms with Crippen molar-refractivity contribution < 1.29 is 9.53 Å². The van der Waals surface area contributed by atoms with Gasteiger partial charge in [-0.2, -0.15) is 0 Å². The maximum atomic E-state index is 11.4. The molecule has 1 heterocycles. The minimum absolute atomic E-state index is 0.661. The molecule has 0 spiro atoms. The van der Waals surface area contributed by atoms with Crippen molar-refractivity contribution in [1.82, 2.24) is 4.90 Å². The number of ether oxygens (including phenoxy) is 1. The van der Waals surface area contributed by atoms with Crippen molar-refractivity contribution in [3.05, 3.63) is 42.0 Å². The molecule has 2 aromatic carbocycles. The average molecular weight is 283 g/mol. The van der Waals surface area contributed by atoms with Gasteiger partial charge in [-0.25, -0.2) is 0 Å². The number of carbonyl (C=O) groups is 1. The number of likely N-dealkylation sites (tertiary alicyclic amines) is 1. The summed E-state index contributed by atoms with van der Waals surface area (Å²) in [6.45, 7) is 4.19. The molecule has 0 N–H and O–H groups in total. The highest BCUT2D eigenvalue weighted by Gasteiger charge is 2.11. The van der Waals surface area contributed by atoms with E-state index in [-0.39, 0.29) is 0 Å². The molecule has 0 aliphatic carbocycles. The van der Waals surface area contributed by atoms with Gasteiger partial charge in [-0.15, -0.1) is 0 Å². The Morgan fingerprint density at radius 2 is 1.90 bits per heavy atom. The van der Waals surface area contributed by atoms with Crippen LogP contribution in [0.25, 0.3) is 10.8 Å². The molecule has 21 heavy (non-hydrogen) atoms. The van der Waals surface area contributed by atoms with Crippen LogP contribution in [0.3, 0.4) is 0 Å². The summed E-state index contributed by atoms with van der Waals surface area (Å²) in [7, 11) is 0. The third kappa shape index (κ3) is 3.24. The Labute approximate surface area is 125 Å². The number of hydrogen-bond donors (Lipinski definition) is 0. The van der Waals surface area contributed by atoms with Crippen molar-refractivity contribution >= 4 is 17.1 Å². The number of rotatable bonds is 6. The van der Waals surface area contributed by atoms with Gasteiger partial charge >= 0.3 is 0 Å². The number of hydrogen-bond acceptors (Lipinski definition) is 3. The molecule has 0 amide bonds. The Kier molecular flexibility index (Phi) is 4.51. The highest BCUT2D eigenvalue weighted by molar-refractivity contribution is 6.00. The predicted molar refractivity (Wildman–Crippen MR) is 85.1 cm³/mol. The molecule has 3 rings (SSSR count). The lowest BCUT2D eigenvalue weighted by Crippen LogP contribution is -2.22. The van der Waals surface area contributed by atoms with Crippen molar-refractivity contribution in [2.24, 2.45) is 0 Å². The standard InChI is InChI=1S/C18H21NO2/c20-14-17-16-7-2-1-6-15(16)8-9-18(17)21-13-5-12-19-10-3-4-11-19/h1-2,6-9,14H,3-5,10-13H2. The highest BCUT2D eigenvalue weighted by Crippen LogP contribution is 2.26. The topological polar surface area (TPSA) is 29.5 Å². The van der Waals surface area contributed by atoms with E-state index in [2.05, 4.69) is 4.90 Å². The number of aldehydes is 1. The molecule has 2 aromatic rings. The SMILES string of the molecule is O=Cc1c(OCCCN2CCCC2)ccc2ccccc12. The van der Waals surface area contributed by atoms with Crippen molar-refractivity contribution in [3.63, 3.8) is 0 Å². The molecule has 0 atom stereocenters. The summed E-state index contributed by atoms with van der Waals surface area (Å²) < 4.78 is 5.84. The van der Waals surface area contributed by atoms with E-state index in [1.165, 1.54) is 25.9 Å². The molecule has 1 saturated heterocycles. The molecule has 1 fully saturated rings. The van der Waals surface area contributed by atoms with E-state index in [9.17, 15) is 4.79 Å². The van der Waals surface area contributed by atoms with Crippen LogP contribution in [0.5, 0.6) is 5.75 Å². The first-order valence-electron chi connectivity index (χ1n) is 7.70. The second-order valence-corrected chi connectivity index (χ2v) is 5.57. The van der Waals surface area contributed by atoms with Gasteiger partial charge in [0.2, 0.25) is 0 Å². The minimum atomic E-state index is 0.661. The highest BCUT2D eigenvalue weighted by atomic mass is 16.5. The fourth-order valence-electron chi connectivity index (χ4n) is 3.00. The molecule has 1 aliphatic rings. The molecule has 110 valence electrons. The predicted octanol–water partition coefficient (Wildman–Crippen LogP) is 3.52. The zero-order valence-electron chi connectivity index (χ0n) is 12.3. The number of nitrogens with zero attached hydrogens (tertiary/aromatic N) is 1. The summed E-state index contributed by atoms with van der Waals surface area (Å²) in [6, 6.07) is 11.8. The van der Waals surface area contributed by atoms with Gasteiger partial charge in [0.25, 0.3) is 0 Å². The van der Waals surface area contributed by atoms with Crippen LogP contribution in [0.4, 0.5) is 0 Å². The third-order valence-corrected chi connectivity index (χ3v) is 4.12. The molecule has 0 unspecified atom stereocenters. The third-order valence-electron chi connectivity index (χ3n) is 4.12. The molecule has 0 bridgehead atoms. The first-order valence-corrected chi connectivity index (χ1v) is 7.70. The van der Waals surface area contributed by atoms with E-state index in [0.29, 0.717) is 17.9 Å². The lowest BCUT2D eigenvalue weighted by atomic mass is 10.0.